The highest BCUT2D eigenvalue weighted by Gasteiger charge is 2.41. The highest BCUT2D eigenvalue weighted by atomic mass is 28.3. The summed E-state index contributed by atoms with van der Waals surface area (Å²) in [4.78, 5) is 0. The number of rotatable bonds is 6. The quantitative estimate of drug-likeness (QED) is 0.138. The molecule has 232 valence electrons. The van der Waals surface area contributed by atoms with Gasteiger partial charge in [-0.1, -0.05) is 109 Å². The Morgan fingerprint density at radius 2 is 0.840 bits per heavy atom. The largest absolute Gasteiger partial charge is 0.309 e. The molecule has 0 aliphatic rings. The summed E-state index contributed by atoms with van der Waals surface area (Å²) < 4.78 is 2.21. The molecule has 0 saturated carbocycles. The van der Waals surface area contributed by atoms with Gasteiger partial charge in [-0.2, -0.15) is 15.8 Å². The summed E-state index contributed by atoms with van der Waals surface area (Å²) in [6, 6.07) is 65.3. The van der Waals surface area contributed by atoms with E-state index < -0.39 is 8.07 Å². The first-order valence-electron chi connectivity index (χ1n) is 16.4. The van der Waals surface area contributed by atoms with Gasteiger partial charge in [0.05, 0.1) is 45.9 Å². The van der Waals surface area contributed by atoms with Crippen LogP contribution >= 0.6 is 0 Å². The molecule has 1 aromatic heterocycles. The monoisotopic (exact) mass is 652 g/mol. The van der Waals surface area contributed by atoms with Crippen molar-refractivity contribution in [2.75, 3.05) is 0 Å². The molecule has 7 aromatic carbocycles. The minimum Gasteiger partial charge on any atom is -0.309 e. The van der Waals surface area contributed by atoms with Crippen LogP contribution in [0.15, 0.2) is 170 Å². The van der Waals surface area contributed by atoms with Gasteiger partial charge >= 0.3 is 0 Å². The average molecular weight is 653 g/mol. The Balaban J connectivity index is 1.35. The molecule has 0 N–H and O–H groups in total. The van der Waals surface area contributed by atoms with Crippen LogP contribution in [0.5, 0.6) is 0 Å². The minimum absolute atomic E-state index is 0.578. The maximum absolute atomic E-state index is 9.96. The minimum atomic E-state index is -2.88. The molecule has 0 aliphatic heterocycles. The highest BCUT2D eigenvalue weighted by molar-refractivity contribution is 7.19. The summed E-state index contributed by atoms with van der Waals surface area (Å²) in [5.74, 6) is 0. The number of hydrogen-bond acceptors (Lipinski definition) is 3. The Hall–Kier alpha value is -6.97. The number of nitrogens with zero attached hydrogens (tertiary/aromatic N) is 4. The van der Waals surface area contributed by atoms with Crippen molar-refractivity contribution >= 4 is 50.6 Å². The number of fused-ring (bicyclic) bond motifs is 3. The molecular formula is C45H28N4Si. The zero-order chi connectivity index (χ0) is 34.1. The zero-order valence-corrected chi connectivity index (χ0v) is 28.0. The summed E-state index contributed by atoms with van der Waals surface area (Å²) in [5.41, 5.74) is 6.88. The molecule has 0 unspecified atom stereocenters. The van der Waals surface area contributed by atoms with Crippen molar-refractivity contribution < 1.29 is 0 Å². The van der Waals surface area contributed by atoms with Crippen LogP contribution in [0.2, 0.25) is 0 Å². The van der Waals surface area contributed by atoms with Crippen LogP contribution < -0.4 is 20.7 Å². The van der Waals surface area contributed by atoms with E-state index in [4.69, 9.17) is 0 Å². The van der Waals surface area contributed by atoms with Crippen LogP contribution in [0.1, 0.15) is 16.7 Å². The highest BCUT2D eigenvalue weighted by Crippen LogP contribution is 2.34. The van der Waals surface area contributed by atoms with E-state index in [1.807, 2.05) is 48.5 Å². The summed E-state index contributed by atoms with van der Waals surface area (Å²) in [7, 11) is -2.88. The summed E-state index contributed by atoms with van der Waals surface area (Å²) in [6.07, 6.45) is 0. The normalized spacial score (nSPS) is 11.1. The third kappa shape index (κ3) is 4.97. The Kier molecular flexibility index (Phi) is 7.63. The van der Waals surface area contributed by atoms with Gasteiger partial charge in [0.2, 0.25) is 0 Å². The standard InChI is InChI=1S/C45H28N4Si/c46-29-32-10-7-18-40(24-32)50(38-14-3-1-4-15-38,39-16-5-2-6-17-39)41-19-9-12-36(28-41)35-11-8-13-37(27-35)49-44-22-20-33(30-47)25-42(44)43-26-34(31-48)21-23-45(43)49/h1-28H. The number of aromatic nitrogens is 1. The Bertz CT molecular complexity index is 2580. The molecule has 1 heterocycles. The van der Waals surface area contributed by atoms with Gasteiger partial charge in [0.1, 0.15) is 0 Å². The molecule has 0 radical (unpaired) electrons. The fourth-order valence-electron chi connectivity index (χ4n) is 7.40. The Morgan fingerprint density at radius 1 is 0.380 bits per heavy atom. The van der Waals surface area contributed by atoms with Gasteiger partial charge in [0.15, 0.2) is 8.07 Å². The summed E-state index contributed by atoms with van der Waals surface area (Å²) in [5, 5.41) is 36.0. The van der Waals surface area contributed by atoms with Gasteiger partial charge in [-0.3, -0.25) is 0 Å². The van der Waals surface area contributed by atoms with Crippen molar-refractivity contribution in [2.45, 2.75) is 0 Å². The molecule has 5 heteroatoms. The lowest BCUT2D eigenvalue weighted by Gasteiger charge is -2.34. The number of hydrogen-bond donors (Lipinski definition) is 0. The molecule has 8 aromatic rings. The average Bonchev–Trinajstić information content (AvgIpc) is 3.52. The molecule has 50 heavy (non-hydrogen) atoms. The van der Waals surface area contributed by atoms with Crippen molar-refractivity contribution in [2.24, 2.45) is 0 Å². The number of nitriles is 3. The molecule has 0 saturated heterocycles. The second-order valence-corrected chi connectivity index (χ2v) is 16.1. The SMILES string of the molecule is N#Cc1cccc([Si](c2ccccc2)(c2ccccc2)c2cccc(-c3cccc(-n4c5ccc(C#N)cc5c5cc(C#N)ccc54)c3)c2)c1. The summed E-state index contributed by atoms with van der Waals surface area (Å²) >= 11 is 0. The van der Waals surface area contributed by atoms with Crippen molar-refractivity contribution in [1.82, 2.24) is 4.57 Å². The first kappa shape index (κ1) is 30.4. The second kappa shape index (κ2) is 12.6. The van der Waals surface area contributed by atoms with E-state index in [9.17, 15) is 15.8 Å². The maximum atomic E-state index is 9.96. The number of benzene rings is 7. The first-order valence-corrected chi connectivity index (χ1v) is 18.4. The molecule has 0 amide bonds. The predicted molar refractivity (Wildman–Crippen MR) is 204 cm³/mol. The van der Waals surface area contributed by atoms with Crippen LogP contribution in [0.4, 0.5) is 0 Å². The Labute approximate surface area is 291 Å². The Morgan fingerprint density at radius 3 is 1.40 bits per heavy atom. The van der Waals surface area contributed by atoms with Gasteiger partial charge in [-0.05, 0) is 92.5 Å². The van der Waals surface area contributed by atoms with Crippen LogP contribution in [-0.2, 0) is 0 Å². The molecule has 0 aliphatic carbocycles. The van der Waals surface area contributed by atoms with E-state index in [0.29, 0.717) is 16.7 Å². The van der Waals surface area contributed by atoms with Crippen molar-refractivity contribution in [3.8, 4) is 35.0 Å². The van der Waals surface area contributed by atoms with E-state index in [-0.39, 0.29) is 0 Å². The summed E-state index contributed by atoms with van der Waals surface area (Å²) in [6.45, 7) is 0. The van der Waals surface area contributed by atoms with E-state index >= 15 is 0 Å². The van der Waals surface area contributed by atoms with Crippen molar-refractivity contribution in [3.05, 3.63) is 187 Å². The van der Waals surface area contributed by atoms with Crippen LogP contribution in [-0.4, -0.2) is 12.6 Å². The van der Waals surface area contributed by atoms with Crippen molar-refractivity contribution in [1.29, 1.82) is 15.8 Å². The van der Waals surface area contributed by atoms with Crippen LogP contribution in [0.25, 0.3) is 38.6 Å². The van der Waals surface area contributed by atoms with Gasteiger partial charge in [-0.15, -0.1) is 0 Å². The fraction of sp³-hybridized carbons (Fsp3) is 0. The molecule has 0 bridgehead atoms. The van der Waals surface area contributed by atoms with Gasteiger partial charge in [0, 0.05) is 16.5 Å². The maximum Gasteiger partial charge on any atom is 0.179 e. The van der Waals surface area contributed by atoms with E-state index in [2.05, 4.69) is 144 Å². The van der Waals surface area contributed by atoms with Crippen molar-refractivity contribution in [3.63, 3.8) is 0 Å². The van der Waals surface area contributed by atoms with Crippen LogP contribution in [0, 0.1) is 34.0 Å². The molecule has 0 spiro atoms. The third-order valence-electron chi connectivity index (χ3n) is 9.59. The van der Waals surface area contributed by atoms with Gasteiger partial charge in [-0.25, -0.2) is 0 Å². The molecular weight excluding hydrogens is 625 g/mol. The topological polar surface area (TPSA) is 76.3 Å². The van der Waals surface area contributed by atoms with E-state index in [0.717, 1.165) is 43.8 Å². The second-order valence-electron chi connectivity index (χ2n) is 12.3. The first-order chi connectivity index (χ1) is 24.6. The van der Waals surface area contributed by atoms with Crippen LogP contribution in [0.3, 0.4) is 0 Å². The molecule has 0 atom stereocenters. The van der Waals surface area contributed by atoms with Gasteiger partial charge in [0.25, 0.3) is 0 Å². The van der Waals surface area contributed by atoms with Gasteiger partial charge < -0.3 is 4.57 Å². The lowest BCUT2D eigenvalue weighted by Crippen LogP contribution is -2.74. The molecule has 8 rings (SSSR count). The van der Waals surface area contributed by atoms with E-state index in [1.54, 1.807) is 0 Å². The fourth-order valence-corrected chi connectivity index (χ4v) is 12.2. The third-order valence-corrected chi connectivity index (χ3v) is 14.3. The lowest BCUT2D eigenvalue weighted by atomic mass is 10.0. The molecule has 4 nitrogen and oxygen atoms in total. The smallest absolute Gasteiger partial charge is 0.179 e. The zero-order valence-electron chi connectivity index (χ0n) is 27.0. The van der Waals surface area contributed by atoms with E-state index in [1.165, 1.54) is 15.6 Å². The molecule has 0 fully saturated rings. The lowest BCUT2D eigenvalue weighted by molar-refractivity contribution is 1.18. The predicted octanol–water partition coefficient (Wildman–Crippen LogP) is 7.44.